The van der Waals surface area contributed by atoms with Gasteiger partial charge in [0.1, 0.15) is 17.6 Å². The van der Waals surface area contributed by atoms with Gasteiger partial charge in [0.2, 0.25) is 5.91 Å². The zero-order valence-electron chi connectivity index (χ0n) is 17.5. The van der Waals surface area contributed by atoms with Gasteiger partial charge in [-0.1, -0.05) is 12.1 Å². The Morgan fingerprint density at radius 2 is 2.03 bits per heavy atom. The monoisotopic (exact) mass is 423 g/mol. The van der Waals surface area contributed by atoms with Crippen LogP contribution in [0.3, 0.4) is 0 Å². The van der Waals surface area contributed by atoms with E-state index in [4.69, 9.17) is 4.42 Å². The second-order valence-corrected chi connectivity index (χ2v) is 7.80. The van der Waals surface area contributed by atoms with E-state index in [1.54, 1.807) is 12.1 Å². The van der Waals surface area contributed by atoms with Crippen molar-refractivity contribution in [2.24, 2.45) is 0 Å². The van der Waals surface area contributed by atoms with Gasteiger partial charge in [-0.3, -0.25) is 14.5 Å². The molecule has 1 fully saturated rings. The topological polar surface area (TPSA) is 109 Å². The smallest absolute Gasteiger partial charge is 0.325 e. The molecule has 162 valence electrons. The number of benzene rings is 1. The fourth-order valence-electron chi connectivity index (χ4n) is 3.82. The molecule has 4 amide bonds. The van der Waals surface area contributed by atoms with Crippen LogP contribution in [-0.4, -0.2) is 38.3 Å². The van der Waals surface area contributed by atoms with Crippen molar-refractivity contribution in [3.63, 3.8) is 0 Å². The highest BCUT2D eigenvalue weighted by molar-refractivity contribution is 6.04. The molecule has 1 aliphatic heterocycles. The molecule has 0 radical (unpaired) electrons. The van der Waals surface area contributed by atoms with Crippen molar-refractivity contribution in [2.75, 3.05) is 0 Å². The molecule has 1 aromatic carbocycles. The number of nitrogens with one attached hydrogen (secondary N) is 2. The molecule has 0 saturated carbocycles. The van der Waals surface area contributed by atoms with Crippen molar-refractivity contribution in [1.29, 1.82) is 0 Å². The van der Waals surface area contributed by atoms with E-state index in [1.165, 1.54) is 6.26 Å². The second-order valence-electron chi connectivity index (χ2n) is 7.80. The summed E-state index contributed by atoms with van der Waals surface area (Å²) < 4.78 is 7.30. The summed E-state index contributed by atoms with van der Waals surface area (Å²) in [4.78, 5) is 42.7. The molecule has 0 aliphatic carbocycles. The Labute approximate surface area is 179 Å². The predicted octanol–water partition coefficient (Wildman–Crippen LogP) is 2.73. The summed E-state index contributed by atoms with van der Waals surface area (Å²) in [6, 6.07) is 10.3. The minimum atomic E-state index is -0.714. The first kappa shape index (κ1) is 20.6. The minimum Gasteiger partial charge on any atom is -0.467 e. The number of amides is 4. The Kier molecular flexibility index (Phi) is 5.75. The molecule has 1 saturated heterocycles. The highest BCUT2D eigenvalue weighted by Gasteiger charge is 2.38. The van der Waals surface area contributed by atoms with Crippen LogP contribution in [0.25, 0.3) is 11.0 Å². The number of furan rings is 1. The summed E-state index contributed by atoms with van der Waals surface area (Å²) in [7, 11) is 0. The molecule has 9 heteroatoms. The number of fused-ring (bicyclic) bond motifs is 1. The number of rotatable bonds is 8. The van der Waals surface area contributed by atoms with Gasteiger partial charge >= 0.3 is 6.03 Å². The van der Waals surface area contributed by atoms with Gasteiger partial charge in [-0.05, 0) is 44.5 Å². The Balaban J connectivity index is 1.32. The van der Waals surface area contributed by atoms with Crippen LogP contribution in [0.15, 0.2) is 47.1 Å². The summed E-state index contributed by atoms with van der Waals surface area (Å²) in [5.41, 5.74) is 1.91. The van der Waals surface area contributed by atoms with E-state index in [1.807, 2.05) is 24.3 Å². The highest BCUT2D eigenvalue weighted by atomic mass is 16.3. The average molecular weight is 423 g/mol. The maximum Gasteiger partial charge on any atom is 0.325 e. The van der Waals surface area contributed by atoms with Gasteiger partial charge in [-0.25, -0.2) is 9.78 Å². The number of para-hydroxylation sites is 2. The van der Waals surface area contributed by atoms with E-state index in [-0.39, 0.29) is 37.2 Å². The molecule has 2 aromatic heterocycles. The molecule has 1 unspecified atom stereocenters. The molecular formula is C22H25N5O4. The van der Waals surface area contributed by atoms with E-state index in [0.29, 0.717) is 12.3 Å². The summed E-state index contributed by atoms with van der Waals surface area (Å²) in [5.74, 6) is 0.749. The zero-order chi connectivity index (χ0) is 22.0. The first-order valence-corrected chi connectivity index (χ1v) is 10.3. The van der Waals surface area contributed by atoms with Crippen LogP contribution in [0.4, 0.5) is 4.79 Å². The lowest BCUT2D eigenvalue weighted by molar-refractivity contribution is -0.128. The summed E-state index contributed by atoms with van der Waals surface area (Å²) in [5, 5.41) is 5.51. The Hall–Kier alpha value is -3.62. The molecule has 2 N–H and O–H groups in total. The van der Waals surface area contributed by atoms with Crippen molar-refractivity contribution in [2.45, 2.75) is 51.9 Å². The van der Waals surface area contributed by atoms with Gasteiger partial charge in [-0.2, -0.15) is 0 Å². The Morgan fingerprint density at radius 3 is 2.77 bits per heavy atom. The summed E-state index contributed by atoms with van der Waals surface area (Å²) in [6.45, 7) is 4.51. The van der Waals surface area contributed by atoms with Crippen molar-refractivity contribution < 1.29 is 18.8 Å². The fourth-order valence-corrected chi connectivity index (χ4v) is 3.82. The Bertz CT molecular complexity index is 1100. The predicted molar refractivity (Wildman–Crippen MR) is 113 cm³/mol. The number of hydrogen-bond acceptors (Lipinski definition) is 5. The average Bonchev–Trinajstić information content (AvgIpc) is 3.45. The lowest BCUT2D eigenvalue weighted by Crippen LogP contribution is -2.32. The van der Waals surface area contributed by atoms with Crippen LogP contribution < -0.4 is 10.6 Å². The van der Waals surface area contributed by atoms with E-state index in [2.05, 4.69) is 34.0 Å². The highest BCUT2D eigenvalue weighted by Crippen LogP contribution is 2.21. The van der Waals surface area contributed by atoms with Crippen LogP contribution in [0, 0.1) is 0 Å². The second kappa shape index (κ2) is 8.63. The van der Waals surface area contributed by atoms with Crippen LogP contribution in [0.2, 0.25) is 0 Å². The third-order valence-electron chi connectivity index (χ3n) is 5.29. The van der Waals surface area contributed by atoms with Crippen molar-refractivity contribution in [1.82, 2.24) is 25.1 Å². The van der Waals surface area contributed by atoms with Crippen molar-refractivity contribution in [3.05, 3.63) is 54.2 Å². The van der Waals surface area contributed by atoms with Crippen LogP contribution in [0.5, 0.6) is 0 Å². The number of imidazole rings is 1. The molecular weight excluding hydrogens is 398 g/mol. The molecule has 1 atom stereocenters. The molecule has 4 rings (SSSR count). The SMILES string of the molecule is CC(C)n1c(CNC(=O)CCC2NC(=O)N(Cc3ccco3)C2=O)nc2ccccc21. The quantitative estimate of drug-likeness (QED) is 0.542. The van der Waals surface area contributed by atoms with Gasteiger partial charge < -0.3 is 19.6 Å². The normalized spacial score (nSPS) is 16.4. The van der Waals surface area contributed by atoms with Crippen molar-refractivity contribution in [3.8, 4) is 0 Å². The summed E-state index contributed by atoms with van der Waals surface area (Å²) in [6.07, 6.45) is 1.84. The number of carbonyl (C=O) groups is 3. The molecule has 3 heterocycles. The maximum absolute atomic E-state index is 12.5. The van der Waals surface area contributed by atoms with Crippen LogP contribution in [0.1, 0.15) is 44.3 Å². The first-order valence-electron chi connectivity index (χ1n) is 10.3. The molecule has 9 nitrogen and oxygen atoms in total. The van der Waals surface area contributed by atoms with Crippen LogP contribution in [-0.2, 0) is 22.7 Å². The number of nitrogens with zero attached hydrogens (tertiary/aromatic N) is 3. The van der Waals surface area contributed by atoms with Gasteiger partial charge in [-0.15, -0.1) is 0 Å². The fraction of sp³-hybridized carbons (Fsp3) is 0.364. The third kappa shape index (κ3) is 4.30. The Morgan fingerprint density at radius 1 is 1.23 bits per heavy atom. The van der Waals surface area contributed by atoms with E-state index in [0.717, 1.165) is 21.8 Å². The molecule has 31 heavy (non-hydrogen) atoms. The lowest BCUT2D eigenvalue weighted by atomic mass is 10.1. The van der Waals surface area contributed by atoms with Crippen LogP contribution >= 0.6 is 0 Å². The lowest BCUT2D eigenvalue weighted by Gasteiger charge is -2.14. The number of aromatic nitrogens is 2. The maximum atomic E-state index is 12.5. The van der Waals surface area contributed by atoms with E-state index < -0.39 is 12.1 Å². The summed E-state index contributed by atoms with van der Waals surface area (Å²) >= 11 is 0. The minimum absolute atomic E-state index is 0.0752. The van der Waals surface area contributed by atoms with Gasteiger partial charge in [0.15, 0.2) is 0 Å². The third-order valence-corrected chi connectivity index (χ3v) is 5.29. The number of urea groups is 1. The van der Waals surface area contributed by atoms with Gasteiger partial charge in [0, 0.05) is 12.5 Å². The van der Waals surface area contributed by atoms with Gasteiger partial charge in [0.05, 0.1) is 30.4 Å². The molecule has 0 spiro atoms. The standard InChI is InChI=1S/C22H25N5O4/c1-14(2)27-18-8-4-3-7-16(18)24-19(27)12-23-20(28)10-9-17-21(29)26(22(30)25-17)13-15-6-5-11-31-15/h3-8,11,14,17H,9-10,12-13H2,1-2H3,(H,23,28)(H,25,30). The molecule has 1 aliphatic rings. The number of carbonyl (C=O) groups excluding carboxylic acids is 3. The largest absolute Gasteiger partial charge is 0.467 e. The first-order chi connectivity index (χ1) is 14.9. The number of hydrogen-bond donors (Lipinski definition) is 2. The van der Waals surface area contributed by atoms with Crippen molar-refractivity contribution >= 4 is 28.9 Å². The number of imide groups is 1. The zero-order valence-corrected chi connectivity index (χ0v) is 17.5. The van der Waals surface area contributed by atoms with E-state index >= 15 is 0 Å². The van der Waals surface area contributed by atoms with Gasteiger partial charge in [0.25, 0.3) is 5.91 Å². The molecule has 0 bridgehead atoms. The van der Waals surface area contributed by atoms with E-state index in [9.17, 15) is 14.4 Å². The molecule has 3 aromatic rings.